The molecule has 0 bridgehead atoms. The minimum absolute atomic E-state index is 0.0616. The number of benzene rings is 1. The van der Waals surface area contributed by atoms with E-state index in [1.54, 1.807) is 23.3 Å². The number of hydrogen-bond acceptors (Lipinski definition) is 5. The third kappa shape index (κ3) is 4.56. The second kappa shape index (κ2) is 9.05. The van der Waals surface area contributed by atoms with Crippen molar-refractivity contribution in [2.24, 2.45) is 11.8 Å². The number of aryl methyl sites for hydroxylation is 1. The van der Waals surface area contributed by atoms with E-state index in [4.69, 9.17) is 4.74 Å². The first-order valence-corrected chi connectivity index (χ1v) is 13.5. The van der Waals surface area contributed by atoms with Gasteiger partial charge in [-0.15, -0.1) is 11.3 Å². The summed E-state index contributed by atoms with van der Waals surface area (Å²) in [6.07, 6.45) is 1.14. The smallest absolute Gasteiger partial charge is 0.337 e. The number of likely N-dealkylation sites (tertiary alicyclic amines) is 1. The van der Waals surface area contributed by atoms with Crippen LogP contribution in [0.2, 0.25) is 0 Å². The molecule has 2 aliphatic heterocycles. The van der Waals surface area contributed by atoms with Crippen LogP contribution in [0.3, 0.4) is 0 Å². The van der Waals surface area contributed by atoms with Crippen LogP contribution in [-0.4, -0.2) is 70.7 Å². The Kier molecular flexibility index (Phi) is 6.34. The third-order valence-corrected chi connectivity index (χ3v) is 9.04. The zero-order valence-corrected chi connectivity index (χ0v) is 21.8. The number of hydrogen-bond donors (Lipinski definition) is 0. The Morgan fingerprint density at radius 2 is 1.94 bits per heavy atom. The fourth-order valence-electron chi connectivity index (χ4n) is 5.74. The first-order chi connectivity index (χ1) is 16.7. The van der Waals surface area contributed by atoms with Crippen LogP contribution in [0.25, 0.3) is 10.4 Å². The Hall–Kier alpha value is -2.16. The number of quaternary nitrogens is 1. The second-order valence-corrected chi connectivity index (χ2v) is 11.8. The number of carbonyl (C=O) groups is 2. The van der Waals surface area contributed by atoms with Crippen LogP contribution in [0.1, 0.15) is 44.4 Å². The van der Waals surface area contributed by atoms with Crippen molar-refractivity contribution >= 4 is 23.2 Å². The Balaban J connectivity index is 1.34. The highest BCUT2D eigenvalue weighted by Crippen LogP contribution is 2.50. The number of methoxy groups -OCH3 is 1. The molecule has 2 aromatic rings. The maximum Gasteiger partial charge on any atom is 0.337 e. The SMILES string of the molecule is CO[C@@H]1C[C@@H](C(=O)[N+]2(Cc3ccc(-c4scnc4C)cc3)CC2)N(C(=O)[C@@H](C(C)C)C2(F)CC2)C1. The molecule has 1 aliphatic carbocycles. The summed E-state index contributed by atoms with van der Waals surface area (Å²) in [5.41, 5.74) is 3.68. The lowest BCUT2D eigenvalue weighted by atomic mass is 9.87. The number of rotatable bonds is 8. The molecule has 1 aromatic carbocycles. The standard InChI is InChI=1S/C27H35FN3O3S/c1-17(2)23(27(28)9-10-27)25(32)30-14-21(34-4)13-22(30)26(33)31(11-12-31)15-19-5-7-20(8-6-19)24-18(3)29-16-35-24/h5-8,16-17,21-23H,9-15H2,1-4H3/q+1/t21-,22+,23-/m1/s1. The van der Waals surface area contributed by atoms with Crippen molar-refractivity contribution in [2.45, 2.75) is 64.4 Å². The molecule has 8 heteroatoms. The largest absolute Gasteiger partial charge is 0.380 e. The van der Waals surface area contributed by atoms with Crippen molar-refractivity contribution in [3.8, 4) is 10.4 Å². The van der Waals surface area contributed by atoms with Crippen LogP contribution in [0.4, 0.5) is 4.39 Å². The molecule has 3 aliphatic rings. The van der Waals surface area contributed by atoms with Gasteiger partial charge in [0.2, 0.25) is 5.91 Å². The van der Waals surface area contributed by atoms with Gasteiger partial charge in [-0.05, 0) is 31.2 Å². The number of carbonyl (C=O) groups excluding carboxylic acids is 2. The number of amides is 2. The van der Waals surface area contributed by atoms with E-state index in [-0.39, 0.29) is 23.8 Å². The van der Waals surface area contributed by atoms with Crippen LogP contribution in [0.5, 0.6) is 0 Å². The summed E-state index contributed by atoms with van der Waals surface area (Å²) < 4.78 is 21.1. The third-order valence-electron chi connectivity index (χ3n) is 8.06. The zero-order valence-electron chi connectivity index (χ0n) is 21.0. The number of alkyl halides is 1. The minimum atomic E-state index is -1.42. The molecule has 1 aromatic heterocycles. The van der Waals surface area contributed by atoms with Crippen molar-refractivity contribution in [2.75, 3.05) is 26.7 Å². The summed E-state index contributed by atoms with van der Waals surface area (Å²) >= 11 is 1.63. The molecule has 0 N–H and O–H groups in total. The monoisotopic (exact) mass is 500 g/mol. The van der Waals surface area contributed by atoms with Crippen LogP contribution in [0, 0.1) is 18.8 Å². The highest BCUT2D eigenvalue weighted by molar-refractivity contribution is 7.13. The van der Waals surface area contributed by atoms with Gasteiger partial charge in [0.05, 0.1) is 28.1 Å². The fourth-order valence-corrected chi connectivity index (χ4v) is 6.55. The van der Waals surface area contributed by atoms with Gasteiger partial charge in [-0.25, -0.2) is 18.7 Å². The predicted molar refractivity (Wildman–Crippen MR) is 133 cm³/mol. The van der Waals surface area contributed by atoms with E-state index in [0.717, 1.165) is 34.8 Å². The number of ether oxygens (including phenoxy) is 1. The number of aromatic nitrogens is 1. The molecular weight excluding hydrogens is 465 g/mol. The highest BCUT2D eigenvalue weighted by Gasteiger charge is 2.60. The molecule has 2 amide bonds. The van der Waals surface area contributed by atoms with Crippen molar-refractivity contribution in [1.82, 2.24) is 9.88 Å². The van der Waals surface area contributed by atoms with Gasteiger partial charge < -0.3 is 9.64 Å². The van der Waals surface area contributed by atoms with Crippen LogP contribution in [-0.2, 0) is 20.9 Å². The average molecular weight is 501 g/mol. The van der Waals surface area contributed by atoms with Gasteiger partial charge in [0.25, 0.3) is 0 Å². The molecule has 2 saturated heterocycles. The Labute approximate surface area is 210 Å². The van der Waals surface area contributed by atoms with E-state index < -0.39 is 17.6 Å². The van der Waals surface area contributed by atoms with Gasteiger partial charge in [-0.1, -0.05) is 38.1 Å². The summed E-state index contributed by atoms with van der Waals surface area (Å²) in [7, 11) is 1.62. The first kappa shape index (κ1) is 24.5. The number of nitrogens with zero attached hydrogens (tertiary/aromatic N) is 3. The molecule has 6 nitrogen and oxygen atoms in total. The maximum absolute atomic E-state index is 15.1. The summed E-state index contributed by atoms with van der Waals surface area (Å²) in [6, 6.07) is 7.80. The Morgan fingerprint density at radius 3 is 2.46 bits per heavy atom. The molecule has 5 rings (SSSR count). The maximum atomic E-state index is 15.1. The average Bonchev–Trinajstić information content (AvgIpc) is 3.67. The highest BCUT2D eigenvalue weighted by atomic mass is 32.1. The van der Waals surface area contributed by atoms with Crippen LogP contribution < -0.4 is 0 Å². The van der Waals surface area contributed by atoms with Crippen LogP contribution in [0.15, 0.2) is 29.8 Å². The van der Waals surface area contributed by atoms with Crippen LogP contribution >= 0.6 is 11.3 Å². The van der Waals surface area contributed by atoms with E-state index >= 15 is 4.39 Å². The summed E-state index contributed by atoms with van der Waals surface area (Å²) in [6.45, 7) is 8.31. The van der Waals surface area contributed by atoms with Crippen molar-refractivity contribution in [3.63, 3.8) is 0 Å². The van der Waals surface area contributed by atoms with E-state index in [1.807, 2.05) is 26.3 Å². The van der Waals surface area contributed by atoms with E-state index in [9.17, 15) is 9.59 Å². The first-order valence-electron chi connectivity index (χ1n) is 12.6. The number of halogens is 1. The molecule has 0 radical (unpaired) electrons. The normalized spacial score (nSPS) is 25.0. The topological polar surface area (TPSA) is 59.5 Å². The van der Waals surface area contributed by atoms with Gasteiger partial charge in [-0.3, -0.25) is 4.79 Å². The van der Waals surface area contributed by atoms with Gasteiger partial charge in [-0.2, -0.15) is 0 Å². The lowest BCUT2D eigenvalue weighted by Gasteiger charge is -2.32. The zero-order chi connectivity index (χ0) is 25.0. The second-order valence-electron chi connectivity index (χ2n) is 10.9. The van der Waals surface area contributed by atoms with E-state index in [1.165, 1.54) is 0 Å². The minimum Gasteiger partial charge on any atom is -0.380 e. The fraction of sp³-hybridized carbons (Fsp3) is 0.593. The molecule has 3 fully saturated rings. The lowest BCUT2D eigenvalue weighted by Crippen LogP contribution is -2.52. The molecule has 0 unspecified atom stereocenters. The van der Waals surface area contributed by atoms with Crippen molar-refractivity contribution in [3.05, 3.63) is 41.0 Å². The molecule has 188 valence electrons. The Bertz CT molecular complexity index is 1110. The molecular formula is C27H35FN3O3S+. The lowest BCUT2D eigenvalue weighted by molar-refractivity contribution is -0.735. The van der Waals surface area contributed by atoms with E-state index in [2.05, 4.69) is 29.2 Å². The molecule has 35 heavy (non-hydrogen) atoms. The van der Waals surface area contributed by atoms with Gasteiger partial charge in [0, 0.05) is 25.6 Å². The van der Waals surface area contributed by atoms with E-state index in [0.29, 0.717) is 36.8 Å². The predicted octanol–water partition coefficient (Wildman–Crippen LogP) is 4.37. The summed E-state index contributed by atoms with van der Waals surface area (Å²) in [4.78, 5) is 34.6. The summed E-state index contributed by atoms with van der Waals surface area (Å²) in [5.74, 6) is -0.968. The van der Waals surface area contributed by atoms with Gasteiger partial charge in [0.15, 0.2) is 0 Å². The van der Waals surface area contributed by atoms with Crippen molar-refractivity contribution < 1.29 is 23.2 Å². The quantitative estimate of drug-likeness (QED) is 0.399. The molecule has 0 spiro atoms. The molecule has 3 atom stereocenters. The summed E-state index contributed by atoms with van der Waals surface area (Å²) in [5, 5.41) is 0. The molecule has 1 saturated carbocycles. The Morgan fingerprint density at radius 1 is 1.26 bits per heavy atom. The molecule has 3 heterocycles. The van der Waals surface area contributed by atoms with Crippen molar-refractivity contribution in [1.29, 1.82) is 0 Å². The van der Waals surface area contributed by atoms with Gasteiger partial charge >= 0.3 is 5.91 Å². The van der Waals surface area contributed by atoms with Gasteiger partial charge in [0.1, 0.15) is 31.3 Å². The number of thiazole rings is 1.